The summed E-state index contributed by atoms with van der Waals surface area (Å²) in [6.45, 7) is 1.11. The van der Waals surface area contributed by atoms with Gasteiger partial charge in [-0.2, -0.15) is 0 Å². The van der Waals surface area contributed by atoms with Crippen molar-refractivity contribution in [1.29, 1.82) is 0 Å². The summed E-state index contributed by atoms with van der Waals surface area (Å²) < 4.78 is 10.5. The molecule has 3 nitrogen and oxygen atoms in total. The molecule has 0 amide bonds. The molecular weight excluding hydrogens is 202 g/mol. The molecule has 1 saturated heterocycles. The summed E-state index contributed by atoms with van der Waals surface area (Å²) in [7, 11) is 3.34. The zero-order chi connectivity index (χ0) is 11.4. The highest BCUT2D eigenvalue weighted by Crippen LogP contribution is 2.32. The van der Waals surface area contributed by atoms with Crippen molar-refractivity contribution in [3.05, 3.63) is 23.8 Å². The molecule has 1 N–H and O–H groups in total. The Morgan fingerprint density at radius 3 is 2.56 bits per heavy atom. The maximum absolute atomic E-state index is 5.31. The molecule has 88 valence electrons. The van der Waals surface area contributed by atoms with Gasteiger partial charge in [-0.05, 0) is 37.1 Å². The minimum absolute atomic E-state index is 0.466. The normalized spacial score (nSPS) is 20.5. The molecular formula is C13H19NO2. The Bertz CT molecular complexity index is 346. The third kappa shape index (κ3) is 2.30. The van der Waals surface area contributed by atoms with Crippen LogP contribution in [0.4, 0.5) is 0 Å². The molecule has 16 heavy (non-hydrogen) atoms. The van der Waals surface area contributed by atoms with Gasteiger partial charge in [0, 0.05) is 6.04 Å². The fourth-order valence-electron chi connectivity index (χ4n) is 2.21. The first kappa shape index (κ1) is 11.3. The third-order valence-electron chi connectivity index (χ3n) is 3.12. The summed E-state index contributed by atoms with van der Waals surface area (Å²) >= 11 is 0. The number of benzene rings is 1. The van der Waals surface area contributed by atoms with Gasteiger partial charge >= 0.3 is 0 Å². The Hall–Kier alpha value is -1.22. The molecule has 3 heteroatoms. The van der Waals surface area contributed by atoms with E-state index in [2.05, 4.69) is 17.4 Å². The molecule has 0 spiro atoms. The van der Waals surface area contributed by atoms with Crippen LogP contribution in [0.2, 0.25) is 0 Å². The highest BCUT2D eigenvalue weighted by atomic mass is 16.5. The fourth-order valence-corrected chi connectivity index (χ4v) is 2.21. The van der Waals surface area contributed by atoms with Gasteiger partial charge in [-0.1, -0.05) is 12.5 Å². The average molecular weight is 221 g/mol. The number of nitrogens with one attached hydrogen (secondary N) is 1. The summed E-state index contributed by atoms with van der Waals surface area (Å²) in [6, 6.07) is 6.63. The highest BCUT2D eigenvalue weighted by Gasteiger charge is 2.16. The Morgan fingerprint density at radius 2 is 1.94 bits per heavy atom. The minimum atomic E-state index is 0.466. The zero-order valence-electron chi connectivity index (χ0n) is 9.95. The molecule has 1 heterocycles. The van der Waals surface area contributed by atoms with Gasteiger partial charge in [0.15, 0.2) is 11.5 Å². The van der Waals surface area contributed by atoms with Crippen molar-refractivity contribution in [3.8, 4) is 11.5 Å². The van der Waals surface area contributed by atoms with Crippen molar-refractivity contribution in [1.82, 2.24) is 5.32 Å². The van der Waals surface area contributed by atoms with Gasteiger partial charge in [-0.3, -0.25) is 0 Å². The van der Waals surface area contributed by atoms with Crippen LogP contribution in [0.25, 0.3) is 0 Å². The van der Waals surface area contributed by atoms with E-state index in [1.54, 1.807) is 14.2 Å². The molecule has 0 radical (unpaired) electrons. The van der Waals surface area contributed by atoms with Gasteiger partial charge in [0.2, 0.25) is 0 Å². The molecule has 2 rings (SSSR count). The van der Waals surface area contributed by atoms with Crippen molar-refractivity contribution in [2.24, 2.45) is 0 Å². The number of piperidine rings is 1. The SMILES string of the molecule is COc1ccc([C@H]2CCCCN2)cc1OC. The minimum Gasteiger partial charge on any atom is -0.493 e. The molecule has 1 fully saturated rings. The predicted octanol–water partition coefficient (Wildman–Crippen LogP) is 2.52. The topological polar surface area (TPSA) is 30.5 Å². The Kier molecular flexibility index (Phi) is 3.67. The molecule has 0 unspecified atom stereocenters. The largest absolute Gasteiger partial charge is 0.493 e. The van der Waals surface area contributed by atoms with Crippen LogP contribution in [-0.4, -0.2) is 20.8 Å². The molecule has 1 aromatic carbocycles. The van der Waals surface area contributed by atoms with E-state index in [-0.39, 0.29) is 0 Å². The van der Waals surface area contributed by atoms with Crippen LogP contribution in [0.1, 0.15) is 30.9 Å². The smallest absolute Gasteiger partial charge is 0.161 e. The fraction of sp³-hybridized carbons (Fsp3) is 0.538. The van der Waals surface area contributed by atoms with Gasteiger partial charge in [-0.15, -0.1) is 0 Å². The van der Waals surface area contributed by atoms with Gasteiger partial charge in [-0.25, -0.2) is 0 Å². The van der Waals surface area contributed by atoms with Crippen molar-refractivity contribution >= 4 is 0 Å². The first-order valence-corrected chi connectivity index (χ1v) is 5.80. The van der Waals surface area contributed by atoms with E-state index in [0.29, 0.717) is 6.04 Å². The summed E-state index contributed by atoms with van der Waals surface area (Å²) in [5.41, 5.74) is 1.29. The summed E-state index contributed by atoms with van der Waals surface area (Å²) in [4.78, 5) is 0. The number of methoxy groups -OCH3 is 2. The Balaban J connectivity index is 2.20. The Morgan fingerprint density at radius 1 is 1.12 bits per heavy atom. The lowest BCUT2D eigenvalue weighted by atomic mass is 9.97. The van der Waals surface area contributed by atoms with E-state index in [4.69, 9.17) is 9.47 Å². The number of hydrogen-bond acceptors (Lipinski definition) is 3. The second-order valence-electron chi connectivity index (χ2n) is 4.12. The Labute approximate surface area is 96.8 Å². The third-order valence-corrected chi connectivity index (χ3v) is 3.12. The lowest BCUT2D eigenvalue weighted by Gasteiger charge is -2.24. The molecule has 1 aliphatic rings. The van der Waals surface area contributed by atoms with E-state index in [1.807, 2.05) is 6.07 Å². The van der Waals surface area contributed by atoms with Crippen LogP contribution in [0, 0.1) is 0 Å². The molecule has 0 aliphatic carbocycles. The van der Waals surface area contributed by atoms with E-state index in [0.717, 1.165) is 18.0 Å². The van der Waals surface area contributed by atoms with Crippen LogP contribution in [-0.2, 0) is 0 Å². The van der Waals surface area contributed by atoms with E-state index < -0.39 is 0 Å². The van der Waals surface area contributed by atoms with Crippen molar-refractivity contribution in [2.75, 3.05) is 20.8 Å². The van der Waals surface area contributed by atoms with Crippen molar-refractivity contribution in [3.63, 3.8) is 0 Å². The van der Waals surface area contributed by atoms with Gasteiger partial charge in [0.25, 0.3) is 0 Å². The second kappa shape index (κ2) is 5.21. The average Bonchev–Trinajstić information content (AvgIpc) is 2.39. The van der Waals surface area contributed by atoms with Crippen LogP contribution < -0.4 is 14.8 Å². The zero-order valence-corrected chi connectivity index (χ0v) is 9.95. The van der Waals surface area contributed by atoms with Crippen molar-refractivity contribution < 1.29 is 9.47 Å². The maximum atomic E-state index is 5.31. The number of hydrogen-bond donors (Lipinski definition) is 1. The lowest BCUT2D eigenvalue weighted by molar-refractivity contribution is 0.352. The van der Waals surface area contributed by atoms with Crippen LogP contribution >= 0.6 is 0 Å². The maximum Gasteiger partial charge on any atom is 0.161 e. The molecule has 1 atom stereocenters. The first-order valence-electron chi connectivity index (χ1n) is 5.80. The molecule has 1 aromatic rings. The molecule has 1 aliphatic heterocycles. The molecule has 0 aromatic heterocycles. The highest BCUT2D eigenvalue weighted by molar-refractivity contribution is 5.43. The number of ether oxygens (including phenoxy) is 2. The summed E-state index contributed by atoms with van der Waals surface area (Å²) in [5.74, 6) is 1.61. The van der Waals surface area contributed by atoms with Gasteiger partial charge in [0.05, 0.1) is 14.2 Å². The summed E-state index contributed by atoms with van der Waals surface area (Å²) in [5, 5.41) is 3.53. The van der Waals surface area contributed by atoms with Crippen LogP contribution in [0.3, 0.4) is 0 Å². The van der Waals surface area contributed by atoms with Gasteiger partial charge in [0.1, 0.15) is 0 Å². The summed E-state index contributed by atoms with van der Waals surface area (Å²) in [6.07, 6.45) is 3.78. The van der Waals surface area contributed by atoms with Crippen molar-refractivity contribution in [2.45, 2.75) is 25.3 Å². The predicted molar refractivity (Wildman–Crippen MR) is 64.1 cm³/mol. The number of rotatable bonds is 3. The van der Waals surface area contributed by atoms with Crippen LogP contribution in [0.5, 0.6) is 11.5 Å². The molecule has 0 saturated carbocycles. The van der Waals surface area contributed by atoms with E-state index in [9.17, 15) is 0 Å². The lowest BCUT2D eigenvalue weighted by Crippen LogP contribution is -2.26. The van der Waals surface area contributed by atoms with Crippen LogP contribution in [0.15, 0.2) is 18.2 Å². The second-order valence-corrected chi connectivity index (χ2v) is 4.12. The van der Waals surface area contributed by atoms with E-state index in [1.165, 1.54) is 24.8 Å². The van der Waals surface area contributed by atoms with Gasteiger partial charge < -0.3 is 14.8 Å². The first-order chi connectivity index (χ1) is 7.85. The monoisotopic (exact) mass is 221 g/mol. The molecule has 0 bridgehead atoms. The standard InChI is InChI=1S/C13H19NO2/c1-15-12-7-6-10(9-13(12)16-2)11-5-3-4-8-14-11/h6-7,9,11,14H,3-5,8H2,1-2H3/t11-/m1/s1. The van der Waals surface area contributed by atoms with E-state index >= 15 is 0 Å². The quantitative estimate of drug-likeness (QED) is 0.850.